The third-order valence-electron chi connectivity index (χ3n) is 1.68. The Morgan fingerprint density at radius 1 is 1.73 bits per heavy atom. The minimum absolute atomic E-state index is 0.122. The van der Waals surface area contributed by atoms with Gasteiger partial charge in [0, 0.05) is 6.20 Å². The Hall–Kier alpha value is -1.41. The Bertz CT molecular complexity index is 412. The molecule has 0 saturated carbocycles. The molecule has 0 aliphatic carbocycles. The van der Waals surface area contributed by atoms with Crippen LogP contribution in [0.4, 0.5) is 0 Å². The fourth-order valence-electron chi connectivity index (χ4n) is 1.05. The highest BCUT2D eigenvalue weighted by Gasteiger charge is 2.09. The first-order chi connectivity index (χ1) is 7.17. The number of rotatable bonds is 3. The molecule has 0 amide bonds. The Kier molecular flexibility index (Phi) is 4.25. The van der Waals surface area contributed by atoms with Crippen LogP contribution in [0.3, 0.4) is 0 Å². The largest absolute Gasteiger partial charge is 0.466 e. The van der Waals surface area contributed by atoms with Crippen molar-refractivity contribution in [3.05, 3.63) is 28.0 Å². The van der Waals surface area contributed by atoms with Crippen LogP contribution in [0.5, 0.6) is 0 Å². The van der Waals surface area contributed by atoms with Crippen molar-refractivity contribution in [1.82, 2.24) is 4.98 Å². The quantitative estimate of drug-likeness (QED) is 0.620. The van der Waals surface area contributed by atoms with Gasteiger partial charge >= 0.3 is 5.97 Å². The van der Waals surface area contributed by atoms with Gasteiger partial charge in [-0.3, -0.25) is 4.79 Å². The van der Waals surface area contributed by atoms with E-state index in [1.54, 1.807) is 13.0 Å². The van der Waals surface area contributed by atoms with Crippen molar-refractivity contribution in [3.63, 3.8) is 0 Å². The molecule has 4 nitrogen and oxygen atoms in total. The SMILES string of the molecule is CCOC(=O)Cc1cc(C#N)cnc1Br. The van der Waals surface area contributed by atoms with Gasteiger partial charge in [0.25, 0.3) is 0 Å². The van der Waals surface area contributed by atoms with E-state index in [4.69, 9.17) is 10.00 Å². The smallest absolute Gasteiger partial charge is 0.310 e. The maximum atomic E-state index is 11.2. The predicted octanol–water partition coefficient (Wildman–Crippen LogP) is 1.82. The summed E-state index contributed by atoms with van der Waals surface area (Å²) < 4.78 is 5.37. The van der Waals surface area contributed by atoms with Gasteiger partial charge in [-0.1, -0.05) is 0 Å². The van der Waals surface area contributed by atoms with Crippen molar-refractivity contribution >= 4 is 21.9 Å². The van der Waals surface area contributed by atoms with Crippen molar-refractivity contribution in [2.45, 2.75) is 13.3 Å². The van der Waals surface area contributed by atoms with Crippen molar-refractivity contribution in [1.29, 1.82) is 5.26 Å². The first kappa shape index (κ1) is 11.7. The van der Waals surface area contributed by atoms with E-state index in [9.17, 15) is 4.79 Å². The van der Waals surface area contributed by atoms with Crippen LogP contribution in [0, 0.1) is 11.3 Å². The molecular formula is C10H9BrN2O2. The number of halogens is 1. The molecule has 0 spiro atoms. The molecule has 0 fully saturated rings. The minimum Gasteiger partial charge on any atom is -0.466 e. The summed E-state index contributed by atoms with van der Waals surface area (Å²) in [7, 11) is 0. The fraction of sp³-hybridized carbons (Fsp3) is 0.300. The lowest BCUT2D eigenvalue weighted by atomic mass is 10.1. The normalized spacial score (nSPS) is 9.40. The standard InChI is InChI=1S/C10H9BrN2O2/c1-2-15-9(14)4-8-3-7(5-12)6-13-10(8)11/h3,6H,2,4H2,1H3. The van der Waals surface area contributed by atoms with E-state index >= 15 is 0 Å². The number of hydrogen-bond acceptors (Lipinski definition) is 4. The second kappa shape index (κ2) is 5.47. The highest BCUT2D eigenvalue weighted by atomic mass is 79.9. The Morgan fingerprint density at radius 3 is 3.07 bits per heavy atom. The van der Waals surface area contributed by atoms with E-state index in [2.05, 4.69) is 20.9 Å². The monoisotopic (exact) mass is 268 g/mol. The maximum absolute atomic E-state index is 11.2. The molecule has 1 heterocycles. The van der Waals surface area contributed by atoms with Crippen LogP contribution in [0.2, 0.25) is 0 Å². The highest BCUT2D eigenvalue weighted by molar-refractivity contribution is 9.10. The number of pyridine rings is 1. The second-order valence-electron chi connectivity index (χ2n) is 2.77. The number of nitriles is 1. The number of esters is 1. The van der Waals surface area contributed by atoms with E-state index in [-0.39, 0.29) is 12.4 Å². The van der Waals surface area contributed by atoms with Crippen LogP contribution >= 0.6 is 15.9 Å². The van der Waals surface area contributed by atoms with Gasteiger partial charge in [0.1, 0.15) is 10.7 Å². The fourth-order valence-corrected chi connectivity index (χ4v) is 1.40. The summed E-state index contributed by atoms with van der Waals surface area (Å²) in [6.07, 6.45) is 1.57. The molecule has 0 aliphatic rings. The molecule has 15 heavy (non-hydrogen) atoms. The van der Waals surface area contributed by atoms with E-state index in [0.29, 0.717) is 22.3 Å². The number of ether oxygens (including phenoxy) is 1. The van der Waals surface area contributed by atoms with Crippen molar-refractivity contribution in [2.24, 2.45) is 0 Å². The number of hydrogen-bond donors (Lipinski definition) is 0. The molecule has 1 aromatic heterocycles. The lowest BCUT2D eigenvalue weighted by Crippen LogP contribution is -2.08. The van der Waals surface area contributed by atoms with Crippen LogP contribution in [-0.2, 0) is 16.0 Å². The molecule has 0 aromatic carbocycles. The molecule has 1 aromatic rings. The van der Waals surface area contributed by atoms with Crippen LogP contribution in [-0.4, -0.2) is 17.6 Å². The summed E-state index contributed by atoms with van der Waals surface area (Å²) in [6, 6.07) is 3.58. The van der Waals surface area contributed by atoms with Crippen LogP contribution < -0.4 is 0 Å². The highest BCUT2D eigenvalue weighted by Crippen LogP contribution is 2.15. The van der Waals surface area contributed by atoms with Gasteiger partial charge in [-0.2, -0.15) is 5.26 Å². The molecule has 0 radical (unpaired) electrons. The third-order valence-corrected chi connectivity index (χ3v) is 2.39. The van der Waals surface area contributed by atoms with Gasteiger partial charge in [0.15, 0.2) is 0 Å². The summed E-state index contributed by atoms with van der Waals surface area (Å²) in [5.74, 6) is -0.324. The number of carbonyl (C=O) groups excluding carboxylic acids is 1. The summed E-state index contributed by atoms with van der Waals surface area (Å²) in [6.45, 7) is 2.10. The summed E-state index contributed by atoms with van der Waals surface area (Å²) in [5, 5.41) is 8.67. The molecule has 0 N–H and O–H groups in total. The zero-order valence-electron chi connectivity index (χ0n) is 8.16. The zero-order chi connectivity index (χ0) is 11.3. The first-order valence-corrected chi connectivity index (χ1v) is 5.16. The third kappa shape index (κ3) is 3.33. The summed E-state index contributed by atoms with van der Waals surface area (Å²) in [4.78, 5) is 15.2. The molecule has 0 aliphatic heterocycles. The Balaban J connectivity index is 2.85. The molecule has 1 rings (SSSR count). The van der Waals surface area contributed by atoms with E-state index < -0.39 is 0 Å². The average molecular weight is 269 g/mol. The van der Waals surface area contributed by atoms with Crippen molar-refractivity contribution in [2.75, 3.05) is 6.61 Å². The van der Waals surface area contributed by atoms with Gasteiger partial charge in [0.2, 0.25) is 0 Å². The molecular weight excluding hydrogens is 260 g/mol. The second-order valence-corrected chi connectivity index (χ2v) is 3.52. The van der Waals surface area contributed by atoms with Gasteiger partial charge in [0.05, 0.1) is 18.6 Å². The topological polar surface area (TPSA) is 63.0 Å². The predicted molar refractivity (Wildman–Crippen MR) is 57.0 cm³/mol. The van der Waals surface area contributed by atoms with E-state index in [1.807, 2.05) is 6.07 Å². The zero-order valence-corrected chi connectivity index (χ0v) is 9.74. The minimum atomic E-state index is -0.324. The molecule has 0 bridgehead atoms. The van der Waals surface area contributed by atoms with Gasteiger partial charge in [-0.05, 0) is 34.5 Å². The summed E-state index contributed by atoms with van der Waals surface area (Å²) in [5.41, 5.74) is 1.09. The first-order valence-electron chi connectivity index (χ1n) is 4.37. The molecule has 78 valence electrons. The van der Waals surface area contributed by atoms with Crippen LogP contribution in [0.1, 0.15) is 18.1 Å². The Labute approximate surface area is 96.0 Å². The van der Waals surface area contributed by atoms with E-state index in [0.717, 1.165) is 0 Å². The van der Waals surface area contributed by atoms with Gasteiger partial charge < -0.3 is 4.74 Å². The number of carbonyl (C=O) groups is 1. The number of nitrogens with zero attached hydrogens (tertiary/aromatic N) is 2. The average Bonchev–Trinajstić information content (AvgIpc) is 2.21. The Morgan fingerprint density at radius 2 is 2.47 bits per heavy atom. The van der Waals surface area contributed by atoms with Crippen molar-refractivity contribution < 1.29 is 9.53 Å². The van der Waals surface area contributed by atoms with Gasteiger partial charge in [-0.25, -0.2) is 4.98 Å². The maximum Gasteiger partial charge on any atom is 0.310 e. The lowest BCUT2D eigenvalue weighted by Gasteiger charge is -2.03. The van der Waals surface area contributed by atoms with Crippen molar-refractivity contribution in [3.8, 4) is 6.07 Å². The summed E-state index contributed by atoms with van der Waals surface area (Å²) >= 11 is 3.21. The van der Waals surface area contributed by atoms with Gasteiger partial charge in [-0.15, -0.1) is 0 Å². The van der Waals surface area contributed by atoms with Crippen LogP contribution in [0.25, 0.3) is 0 Å². The molecule has 0 atom stereocenters. The lowest BCUT2D eigenvalue weighted by molar-refractivity contribution is -0.142. The molecule has 0 saturated heterocycles. The number of aromatic nitrogens is 1. The molecule has 0 unspecified atom stereocenters. The van der Waals surface area contributed by atoms with E-state index in [1.165, 1.54) is 6.20 Å². The molecule has 5 heteroatoms. The van der Waals surface area contributed by atoms with Crippen LogP contribution in [0.15, 0.2) is 16.9 Å².